The average molecular weight is 494 g/mol. The summed E-state index contributed by atoms with van der Waals surface area (Å²) < 4.78 is 0.842. The normalized spacial score (nSPS) is 10.3. The van der Waals surface area contributed by atoms with Gasteiger partial charge in [0.1, 0.15) is 0 Å². The lowest BCUT2D eigenvalue weighted by Gasteiger charge is -2.11. The summed E-state index contributed by atoms with van der Waals surface area (Å²) in [6, 6.07) is 21.3. The van der Waals surface area contributed by atoms with Crippen molar-refractivity contribution in [1.82, 2.24) is 10.6 Å². The molecule has 6 nitrogen and oxygen atoms in total. The molecule has 0 fully saturated rings. The van der Waals surface area contributed by atoms with Crippen molar-refractivity contribution in [3.05, 3.63) is 99.5 Å². The summed E-state index contributed by atoms with van der Waals surface area (Å²) in [5.41, 5.74) is 3.03. The summed E-state index contributed by atoms with van der Waals surface area (Å²) in [7, 11) is 0. The Hall–Kier alpha value is -3.45. The predicted octanol–water partition coefficient (Wildman–Crippen LogP) is 4.56. The van der Waals surface area contributed by atoms with Crippen LogP contribution in [0.1, 0.15) is 43.1 Å². The van der Waals surface area contributed by atoms with E-state index in [1.54, 1.807) is 60.7 Å². The molecule has 0 unspecified atom stereocenters. The Morgan fingerprint density at radius 1 is 0.719 bits per heavy atom. The van der Waals surface area contributed by atoms with Crippen LogP contribution < -0.4 is 16.0 Å². The fourth-order valence-corrected chi connectivity index (χ4v) is 3.41. The van der Waals surface area contributed by atoms with Crippen molar-refractivity contribution in [2.75, 3.05) is 18.4 Å². The van der Waals surface area contributed by atoms with Gasteiger partial charge in [-0.1, -0.05) is 46.3 Å². The maximum Gasteiger partial charge on any atom is 0.255 e. The van der Waals surface area contributed by atoms with Gasteiger partial charge in [-0.15, -0.1) is 0 Å². The summed E-state index contributed by atoms with van der Waals surface area (Å²) in [6.45, 7) is 2.73. The van der Waals surface area contributed by atoms with Crippen molar-refractivity contribution in [3.8, 4) is 0 Å². The van der Waals surface area contributed by atoms with Gasteiger partial charge >= 0.3 is 0 Å². The number of anilines is 1. The maximum absolute atomic E-state index is 12.5. The summed E-state index contributed by atoms with van der Waals surface area (Å²) >= 11 is 3.35. The topological polar surface area (TPSA) is 87.3 Å². The van der Waals surface area contributed by atoms with Crippen LogP contribution in [0.4, 0.5) is 5.69 Å². The second kappa shape index (κ2) is 11.2. The van der Waals surface area contributed by atoms with Crippen LogP contribution in [-0.2, 0) is 0 Å². The molecule has 0 atom stereocenters. The summed E-state index contributed by atoms with van der Waals surface area (Å²) in [4.78, 5) is 37.0. The van der Waals surface area contributed by atoms with Gasteiger partial charge in [-0.05, 0) is 61.4 Å². The van der Waals surface area contributed by atoms with E-state index in [4.69, 9.17) is 0 Å². The van der Waals surface area contributed by atoms with Gasteiger partial charge in [0.05, 0.1) is 0 Å². The molecule has 3 N–H and O–H groups in total. The molecule has 164 valence electrons. The quantitative estimate of drug-likeness (QED) is 0.402. The summed E-state index contributed by atoms with van der Waals surface area (Å²) in [6.07, 6.45) is 0.592. The molecule has 0 saturated carbocycles. The highest BCUT2D eigenvalue weighted by Crippen LogP contribution is 2.18. The molecule has 0 aliphatic carbocycles. The summed E-state index contributed by atoms with van der Waals surface area (Å²) in [5.74, 6) is -0.624. The van der Waals surface area contributed by atoms with Gasteiger partial charge in [0.25, 0.3) is 17.7 Å². The molecular formula is C25H24BrN3O3. The molecule has 0 aliphatic heterocycles. The molecule has 0 saturated heterocycles. The minimum Gasteiger partial charge on any atom is -0.352 e. The number of carbonyl (C=O) groups is 3. The largest absolute Gasteiger partial charge is 0.352 e. The number of amides is 3. The zero-order valence-electron chi connectivity index (χ0n) is 17.7. The molecule has 0 bridgehead atoms. The smallest absolute Gasteiger partial charge is 0.255 e. The van der Waals surface area contributed by atoms with E-state index in [2.05, 4.69) is 31.9 Å². The Bertz CT molecular complexity index is 1120. The second-order valence-corrected chi connectivity index (χ2v) is 8.14. The van der Waals surface area contributed by atoms with Crippen molar-refractivity contribution >= 4 is 39.3 Å². The highest BCUT2D eigenvalue weighted by Gasteiger charge is 2.11. The second-order valence-electron chi connectivity index (χ2n) is 7.23. The zero-order chi connectivity index (χ0) is 22.9. The number of aryl methyl sites for hydroxylation is 1. The fraction of sp³-hybridized carbons (Fsp3) is 0.160. The number of carbonyl (C=O) groups excluding carboxylic acids is 3. The Labute approximate surface area is 195 Å². The van der Waals surface area contributed by atoms with E-state index in [9.17, 15) is 14.4 Å². The minimum atomic E-state index is -0.237. The van der Waals surface area contributed by atoms with Gasteiger partial charge in [-0.3, -0.25) is 14.4 Å². The highest BCUT2D eigenvalue weighted by atomic mass is 79.9. The molecule has 32 heavy (non-hydrogen) atoms. The molecule has 0 aliphatic rings. The fourth-order valence-electron chi connectivity index (χ4n) is 3.01. The van der Waals surface area contributed by atoms with Gasteiger partial charge in [0, 0.05) is 39.9 Å². The van der Waals surface area contributed by atoms with Crippen LogP contribution in [0.3, 0.4) is 0 Å². The molecule has 3 aromatic rings. The lowest BCUT2D eigenvalue weighted by Crippen LogP contribution is -2.30. The SMILES string of the molecule is Cc1ccc(C(=O)NCCCNC(=O)c2cccc(Br)c2)cc1NC(=O)c1ccccc1. The van der Waals surface area contributed by atoms with Crippen molar-refractivity contribution < 1.29 is 14.4 Å². The number of hydrogen-bond acceptors (Lipinski definition) is 3. The highest BCUT2D eigenvalue weighted by molar-refractivity contribution is 9.10. The number of rotatable bonds is 8. The third kappa shape index (κ3) is 6.52. The van der Waals surface area contributed by atoms with Crippen molar-refractivity contribution in [2.24, 2.45) is 0 Å². The molecule has 3 amide bonds. The van der Waals surface area contributed by atoms with Gasteiger partial charge < -0.3 is 16.0 Å². The van der Waals surface area contributed by atoms with Gasteiger partial charge in [-0.2, -0.15) is 0 Å². The first-order valence-electron chi connectivity index (χ1n) is 10.2. The van der Waals surface area contributed by atoms with Crippen LogP contribution in [0, 0.1) is 6.92 Å². The van der Waals surface area contributed by atoms with Crippen LogP contribution >= 0.6 is 15.9 Å². The lowest BCUT2D eigenvalue weighted by atomic mass is 10.1. The van der Waals surface area contributed by atoms with E-state index in [0.717, 1.165) is 10.0 Å². The molecule has 3 aromatic carbocycles. The third-order valence-electron chi connectivity index (χ3n) is 4.80. The molecular weight excluding hydrogens is 470 g/mol. The number of hydrogen-bond donors (Lipinski definition) is 3. The molecule has 0 spiro atoms. The van der Waals surface area contributed by atoms with Crippen molar-refractivity contribution in [1.29, 1.82) is 0 Å². The Morgan fingerprint density at radius 2 is 1.34 bits per heavy atom. The number of benzene rings is 3. The first-order valence-corrected chi connectivity index (χ1v) is 11.0. The molecule has 0 aromatic heterocycles. The van der Waals surface area contributed by atoms with Crippen molar-refractivity contribution in [2.45, 2.75) is 13.3 Å². The first-order chi connectivity index (χ1) is 15.4. The monoisotopic (exact) mass is 493 g/mol. The van der Waals surface area contributed by atoms with E-state index >= 15 is 0 Å². The average Bonchev–Trinajstić information content (AvgIpc) is 2.80. The van der Waals surface area contributed by atoms with E-state index in [0.29, 0.717) is 41.9 Å². The van der Waals surface area contributed by atoms with Gasteiger partial charge in [-0.25, -0.2) is 0 Å². The van der Waals surface area contributed by atoms with Gasteiger partial charge in [0.2, 0.25) is 0 Å². The van der Waals surface area contributed by atoms with Crippen LogP contribution in [-0.4, -0.2) is 30.8 Å². The van der Waals surface area contributed by atoms with Crippen LogP contribution in [0.15, 0.2) is 77.3 Å². The lowest BCUT2D eigenvalue weighted by molar-refractivity contribution is 0.0949. The van der Waals surface area contributed by atoms with Crippen LogP contribution in [0.25, 0.3) is 0 Å². The molecule has 0 radical (unpaired) electrons. The van der Waals surface area contributed by atoms with E-state index in [-0.39, 0.29) is 17.7 Å². The van der Waals surface area contributed by atoms with Crippen molar-refractivity contribution in [3.63, 3.8) is 0 Å². The van der Waals surface area contributed by atoms with Crippen LogP contribution in [0.2, 0.25) is 0 Å². The predicted molar refractivity (Wildman–Crippen MR) is 129 cm³/mol. The molecule has 0 heterocycles. The minimum absolute atomic E-state index is 0.157. The summed E-state index contributed by atoms with van der Waals surface area (Å²) in [5, 5.41) is 8.54. The van der Waals surface area contributed by atoms with Gasteiger partial charge in [0.15, 0.2) is 0 Å². The number of nitrogens with one attached hydrogen (secondary N) is 3. The number of halogens is 1. The van der Waals surface area contributed by atoms with E-state index in [1.165, 1.54) is 0 Å². The Balaban J connectivity index is 1.48. The Kier molecular flexibility index (Phi) is 8.16. The first kappa shape index (κ1) is 23.2. The van der Waals surface area contributed by atoms with E-state index in [1.807, 2.05) is 19.1 Å². The maximum atomic E-state index is 12.5. The molecule has 3 rings (SSSR count). The third-order valence-corrected chi connectivity index (χ3v) is 5.29. The van der Waals surface area contributed by atoms with Crippen LogP contribution in [0.5, 0.6) is 0 Å². The molecule has 7 heteroatoms. The van der Waals surface area contributed by atoms with E-state index < -0.39 is 0 Å². The Morgan fingerprint density at radius 3 is 2.00 bits per heavy atom. The zero-order valence-corrected chi connectivity index (χ0v) is 19.2. The standard InChI is InChI=1S/C25H24BrN3O3/c1-17-11-12-20(16-22(17)29-25(32)18-7-3-2-4-8-18)24(31)28-14-6-13-27-23(30)19-9-5-10-21(26)15-19/h2-5,7-12,15-16H,6,13-14H2,1H3,(H,27,30)(H,28,31)(H,29,32).